The number of rotatable bonds is 6. The molecule has 0 saturated heterocycles. The van der Waals surface area contributed by atoms with Gasteiger partial charge in [0, 0.05) is 5.56 Å². The summed E-state index contributed by atoms with van der Waals surface area (Å²) in [5.74, 6) is -2.50. The minimum Gasteiger partial charge on any atom is -0.481 e. The first kappa shape index (κ1) is 18.4. The van der Waals surface area contributed by atoms with E-state index in [1.165, 1.54) is 0 Å². The molecule has 5 nitrogen and oxygen atoms in total. The topological polar surface area (TPSA) is 68.0 Å². The van der Waals surface area contributed by atoms with Gasteiger partial charge in [-0.2, -0.15) is 28.2 Å². The molecule has 26 heavy (non-hydrogen) atoms. The predicted molar refractivity (Wildman–Crippen MR) is 88.6 cm³/mol. The number of hydrogen-bond donors (Lipinski definition) is 1. The van der Waals surface area contributed by atoms with Crippen molar-refractivity contribution in [3.05, 3.63) is 36.0 Å². The molecule has 1 N–H and O–H groups in total. The molecule has 0 spiro atoms. The van der Waals surface area contributed by atoms with Gasteiger partial charge < -0.3 is 5.11 Å². The van der Waals surface area contributed by atoms with Crippen LogP contribution in [0.1, 0.15) is 50.6 Å². The minimum atomic E-state index is -4.47. The number of halogens is 3. The maximum absolute atomic E-state index is 13.1. The third-order valence-electron chi connectivity index (χ3n) is 4.77. The van der Waals surface area contributed by atoms with E-state index in [-0.39, 0.29) is 0 Å². The molecule has 0 bridgehead atoms. The molecule has 1 atom stereocenters. The Balaban J connectivity index is 1.81. The summed E-state index contributed by atoms with van der Waals surface area (Å²) >= 11 is 0. The lowest BCUT2D eigenvalue weighted by Gasteiger charge is -2.30. The fraction of sp³-hybridized carbons (Fsp3) is 0.500. The van der Waals surface area contributed by atoms with E-state index in [0.29, 0.717) is 17.3 Å². The zero-order valence-electron chi connectivity index (χ0n) is 14.5. The van der Waals surface area contributed by atoms with Crippen LogP contribution in [0.25, 0.3) is 11.3 Å². The van der Waals surface area contributed by atoms with E-state index in [4.69, 9.17) is 0 Å². The summed E-state index contributed by atoms with van der Waals surface area (Å²) < 4.78 is 39.4. The van der Waals surface area contributed by atoms with E-state index in [9.17, 15) is 23.1 Å². The second-order valence-corrected chi connectivity index (χ2v) is 7.38. The Morgan fingerprint density at radius 2 is 1.88 bits per heavy atom. The highest BCUT2D eigenvalue weighted by molar-refractivity contribution is 5.76. The van der Waals surface area contributed by atoms with Crippen LogP contribution in [0.3, 0.4) is 0 Å². The van der Waals surface area contributed by atoms with Crippen molar-refractivity contribution in [2.75, 3.05) is 0 Å². The highest BCUT2D eigenvalue weighted by Gasteiger charge is 2.49. The molecule has 1 aliphatic carbocycles. The van der Waals surface area contributed by atoms with Crippen LogP contribution in [-0.4, -0.2) is 32.2 Å². The Hall–Kier alpha value is -2.38. The van der Waals surface area contributed by atoms with Crippen LogP contribution in [0.15, 0.2) is 30.5 Å². The van der Waals surface area contributed by atoms with Crippen LogP contribution in [0.5, 0.6) is 0 Å². The Labute approximate surface area is 148 Å². The number of aliphatic carboxylic acids is 1. The van der Waals surface area contributed by atoms with Crippen molar-refractivity contribution in [3.8, 4) is 11.3 Å². The van der Waals surface area contributed by atoms with Gasteiger partial charge in [-0.3, -0.25) is 4.79 Å². The summed E-state index contributed by atoms with van der Waals surface area (Å²) in [6.07, 6.45) is -1.25. The lowest BCUT2D eigenvalue weighted by Crippen LogP contribution is -2.35. The smallest absolute Gasteiger partial charge is 0.394 e. The SMILES string of the molecule is CC(C)(CC(C(=O)O)c1ccc(-c2cnn(C3CC3)n2)cc1)C(F)(F)F. The monoisotopic (exact) mass is 367 g/mol. The summed E-state index contributed by atoms with van der Waals surface area (Å²) in [5, 5.41) is 18.0. The molecule has 140 valence electrons. The lowest BCUT2D eigenvalue weighted by atomic mass is 9.79. The van der Waals surface area contributed by atoms with E-state index in [1.54, 1.807) is 35.3 Å². The molecule has 1 unspecified atom stereocenters. The minimum absolute atomic E-state index is 0.341. The molecule has 1 aliphatic rings. The molecular weight excluding hydrogens is 347 g/mol. The number of alkyl halides is 3. The third-order valence-corrected chi connectivity index (χ3v) is 4.77. The summed E-state index contributed by atoms with van der Waals surface area (Å²) in [5.41, 5.74) is -0.346. The molecular formula is C18H20F3N3O2. The van der Waals surface area contributed by atoms with Crippen LogP contribution in [-0.2, 0) is 4.79 Å². The molecule has 2 aromatic rings. The first-order valence-electron chi connectivity index (χ1n) is 8.40. The molecule has 0 amide bonds. The largest absolute Gasteiger partial charge is 0.481 e. The van der Waals surface area contributed by atoms with Crippen molar-refractivity contribution >= 4 is 5.97 Å². The van der Waals surface area contributed by atoms with Gasteiger partial charge in [0.2, 0.25) is 0 Å². The molecule has 1 aromatic carbocycles. The maximum Gasteiger partial charge on any atom is 0.394 e. The van der Waals surface area contributed by atoms with E-state index in [2.05, 4.69) is 10.2 Å². The van der Waals surface area contributed by atoms with Crippen molar-refractivity contribution in [1.82, 2.24) is 15.0 Å². The van der Waals surface area contributed by atoms with Crippen LogP contribution in [0.4, 0.5) is 13.2 Å². The Bertz CT molecular complexity index is 793. The molecule has 1 fully saturated rings. The number of nitrogens with zero attached hydrogens (tertiary/aromatic N) is 3. The van der Waals surface area contributed by atoms with E-state index in [0.717, 1.165) is 32.3 Å². The molecule has 1 aromatic heterocycles. The zero-order valence-corrected chi connectivity index (χ0v) is 14.5. The normalized spacial score (nSPS) is 16.5. The van der Waals surface area contributed by atoms with Gasteiger partial charge in [0.15, 0.2) is 0 Å². The van der Waals surface area contributed by atoms with Crippen molar-refractivity contribution in [2.45, 2.75) is 51.2 Å². The first-order valence-corrected chi connectivity index (χ1v) is 8.40. The van der Waals surface area contributed by atoms with Gasteiger partial charge in [0.1, 0.15) is 5.69 Å². The van der Waals surface area contributed by atoms with Gasteiger partial charge in [0.05, 0.1) is 23.6 Å². The lowest BCUT2D eigenvalue weighted by molar-refractivity contribution is -0.215. The van der Waals surface area contributed by atoms with E-state index >= 15 is 0 Å². The second-order valence-electron chi connectivity index (χ2n) is 7.38. The van der Waals surface area contributed by atoms with Crippen LogP contribution in [0.2, 0.25) is 0 Å². The summed E-state index contributed by atoms with van der Waals surface area (Å²) in [6, 6.07) is 6.80. The first-order chi connectivity index (χ1) is 12.1. The molecule has 8 heteroatoms. The number of aromatic nitrogens is 3. The fourth-order valence-corrected chi connectivity index (χ4v) is 2.75. The Morgan fingerprint density at radius 1 is 1.27 bits per heavy atom. The van der Waals surface area contributed by atoms with Gasteiger partial charge in [-0.05, 0) is 24.8 Å². The van der Waals surface area contributed by atoms with Crippen molar-refractivity contribution < 1.29 is 23.1 Å². The van der Waals surface area contributed by atoms with E-state index < -0.39 is 29.9 Å². The molecule has 1 saturated carbocycles. The van der Waals surface area contributed by atoms with Gasteiger partial charge in [-0.15, -0.1) is 0 Å². The highest BCUT2D eigenvalue weighted by atomic mass is 19.4. The second kappa shape index (κ2) is 6.41. The highest BCUT2D eigenvalue weighted by Crippen LogP contribution is 2.44. The van der Waals surface area contributed by atoms with Gasteiger partial charge in [0.25, 0.3) is 0 Å². The summed E-state index contributed by atoms with van der Waals surface area (Å²) in [6.45, 7) is 2.04. The van der Waals surface area contributed by atoms with Crippen LogP contribution in [0, 0.1) is 5.41 Å². The quantitative estimate of drug-likeness (QED) is 0.820. The summed E-state index contributed by atoms with van der Waals surface area (Å²) in [4.78, 5) is 13.2. The molecule has 1 heterocycles. The van der Waals surface area contributed by atoms with Crippen LogP contribution >= 0.6 is 0 Å². The van der Waals surface area contributed by atoms with E-state index in [1.807, 2.05) is 0 Å². The van der Waals surface area contributed by atoms with Crippen molar-refractivity contribution in [1.29, 1.82) is 0 Å². The molecule has 0 radical (unpaired) electrons. The van der Waals surface area contributed by atoms with Gasteiger partial charge >= 0.3 is 12.1 Å². The van der Waals surface area contributed by atoms with Crippen LogP contribution < -0.4 is 0 Å². The number of hydrogen-bond acceptors (Lipinski definition) is 3. The van der Waals surface area contributed by atoms with Gasteiger partial charge in [-0.1, -0.05) is 38.1 Å². The average molecular weight is 367 g/mol. The van der Waals surface area contributed by atoms with Gasteiger partial charge in [-0.25, -0.2) is 0 Å². The number of carboxylic acid groups (broad SMARTS) is 1. The van der Waals surface area contributed by atoms with Crippen molar-refractivity contribution in [2.24, 2.45) is 5.41 Å². The fourth-order valence-electron chi connectivity index (χ4n) is 2.75. The maximum atomic E-state index is 13.1. The van der Waals surface area contributed by atoms with Crippen molar-refractivity contribution in [3.63, 3.8) is 0 Å². The number of carboxylic acids is 1. The zero-order chi connectivity index (χ0) is 19.1. The average Bonchev–Trinajstić information content (AvgIpc) is 3.29. The summed E-state index contributed by atoms with van der Waals surface area (Å²) in [7, 11) is 0. The molecule has 3 rings (SSSR count). The Kier molecular flexibility index (Phi) is 4.54. The number of benzene rings is 1. The standard InChI is InChI=1S/C18H20F3N3O2/c1-17(2,18(19,20)21)9-14(16(25)26)11-3-5-12(6-4-11)15-10-22-24(23-15)13-7-8-13/h3-6,10,13-14H,7-9H2,1-2H3,(H,25,26). The predicted octanol–water partition coefficient (Wildman–Crippen LogP) is 4.43. The Morgan fingerprint density at radius 3 is 2.38 bits per heavy atom. The third kappa shape index (κ3) is 3.73. The molecule has 0 aliphatic heterocycles. The number of carbonyl (C=O) groups is 1.